The maximum Gasteiger partial charge on any atom is 1.00 e. The quantitative estimate of drug-likeness (QED) is 0.329. The van der Waals surface area contributed by atoms with Gasteiger partial charge in [0, 0.05) is 0 Å². The van der Waals surface area contributed by atoms with E-state index in [4.69, 9.17) is 5.11 Å². The molecular weight excluding hydrogens is 93.0 g/mol. The summed E-state index contributed by atoms with van der Waals surface area (Å²) in [6.07, 6.45) is 0. The molecule has 0 saturated carbocycles. The number of aliphatic carboxylic acids is 1. The molecule has 0 rings (SSSR count). The zero-order chi connectivity index (χ0) is 4.28. The standard InChI is InChI=1S/C2H5NO2.Na/c3-1-2(4)5;/h1,3H2,(H,4,5);/q;+1. The van der Waals surface area contributed by atoms with Crippen molar-refractivity contribution >= 4 is 5.97 Å². The molecule has 30 valence electrons. The van der Waals surface area contributed by atoms with Crippen molar-refractivity contribution in [3.8, 4) is 0 Å². The molecule has 4 heteroatoms. The summed E-state index contributed by atoms with van der Waals surface area (Å²) < 4.78 is 0. The molecule has 0 bridgehead atoms. The van der Waals surface area contributed by atoms with Gasteiger partial charge < -0.3 is 10.8 Å². The van der Waals surface area contributed by atoms with E-state index in [0.29, 0.717) is 0 Å². The molecule has 0 spiro atoms. The van der Waals surface area contributed by atoms with Gasteiger partial charge in [-0.3, -0.25) is 4.79 Å². The third-order valence-corrected chi connectivity index (χ3v) is 0.175. The van der Waals surface area contributed by atoms with Crippen LogP contribution in [-0.2, 0) is 4.79 Å². The fourth-order valence-electron chi connectivity index (χ4n) is 0. The number of carboxylic acids is 1. The molecule has 0 radical (unpaired) electrons. The van der Waals surface area contributed by atoms with Gasteiger partial charge in [0.15, 0.2) is 0 Å². The van der Waals surface area contributed by atoms with E-state index in [1.165, 1.54) is 0 Å². The van der Waals surface area contributed by atoms with Crippen LogP contribution in [0.3, 0.4) is 0 Å². The Morgan fingerprint density at radius 3 is 2.00 bits per heavy atom. The van der Waals surface area contributed by atoms with E-state index < -0.39 is 5.97 Å². The first-order chi connectivity index (χ1) is 2.27. The van der Waals surface area contributed by atoms with E-state index in [1.54, 1.807) is 0 Å². The van der Waals surface area contributed by atoms with Crippen LogP contribution >= 0.6 is 0 Å². The monoisotopic (exact) mass is 98.0 g/mol. The van der Waals surface area contributed by atoms with Crippen LogP contribution in [-0.4, -0.2) is 17.6 Å². The van der Waals surface area contributed by atoms with Crippen molar-refractivity contribution in [1.29, 1.82) is 0 Å². The summed E-state index contributed by atoms with van der Waals surface area (Å²) in [7, 11) is 0. The number of rotatable bonds is 1. The van der Waals surface area contributed by atoms with E-state index >= 15 is 0 Å². The first-order valence-corrected chi connectivity index (χ1v) is 1.19. The van der Waals surface area contributed by atoms with Crippen LogP contribution in [0.2, 0.25) is 0 Å². The van der Waals surface area contributed by atoms with E-state index in [-0.39, 0.29) is 36.1 Å². The SMILES string of the molecule is NCC(=O)O.[Na+]. The Hall–Kier alpha value is 0.430. The van der Waals surface area contributed by atoms with Gasteiger partial charge in [-0.05, 0) is 0 Å². The van der Waals surface area contributed by atoms with Gasteiger partial charge in [-0.2, -0.15) is 0 Å². The largest absolute Gasteiger partial charge is 1.00 e. The molecule has 0 aliphatic carbocycles. The summed E-state index contributed by atoms with van der Waals surface area (Å²) in [5.74, 6) is -0.968. The minimum Gasteiger partial charge on any atom is -0.480 e. The minimum atomic E-state index is -0.968. The van der Waals surface area contributed by atoms with Gasteiger partial charge in [-0.15, -0.1) is 0 Å². The zero-order valence-electron chi connectivity index (χ0n) is 3.64. The maximum atomic E-state index is 9.24. The molecule has 6 heavy (non-hydrogen) atoms. The second kappa shape index (κ2) is 5.43. The Morgan fingerprint density at radius 1 is 1.83 bits per heavy atom. The summed E-state index contributed by atoms with van der Waals surface area (Å²) in [5.41, 5.74) is 4.57. The molecule has 0 aliphatic rings. The van der Waals surface area contributed by atoms with Crippen LogP contribution in [0, 0.1) is 0 Å². The van der Waals surface area contributed by atoms with E-state index in [9.17, 15) is 4.79 Å². The molecule has 0 amide bonds. The van der Waals surface area contributed by atoms with Gasteiger partial charge in [0.25, 0.3) is 0 Å². The number of carbonyl (C=O) groups is 1. The molecule has 0 aliphatic heterocycles. The smallest absolute Gasteiger partial charge is 0.480 e. The molecule has 0 heterocycles. The number of nitrogens with two attached hydrogens (primary N) is 1. The molecule has 0 saturated heterocycles. The molecule has 3 nitrogen and oxygen atoms in total. The van der Waals surface area contributed by atoms with Crippen molar-refractivity contribution in [3.63, 3.8) is 0 Å². The van der Waals surface area contributed by atoms with Crippen LogP contribution in [0.5, 0.6) is 0 Å². The summed E-state index contributed by atoms with van der Waals surface area (Å²) in [4.78, 5) is 9.24. The van der Waals surface area contributed by atoms with E-state index in [1.807, 2.05) is 0 Å². The van der Waals surface area contributed by atoms with Crippen molar-refractivity contribution in [3.05, 3.63) is 0 Å². The number of hydrogen-bond donors (Lipinski definition) is 2. The summed E-state index contributed by atoms with van der Waals surface area (Å²) in [5, 5.41) is 7.60. The summed E-state index contributed by atoms with van der Waals surface area (Å²) in [6.45, 7) is -0.278. The predicted octanol–water partition coefficient (Wildman–Crippen LogP) is -3.97. The third kappa shape index (κ3) is 8.83. The van der Waals surface area contributed by atoms with Crippen LogP contribution in [0.4, 0.5) is 0 Å². The van der Waals surface area contributed by atoms with Gasteiger partial charge in [-0.25, -0.2) is 0 Å². The van der Waals surface area contributed by atoms with Crippen molar-refractivity contribution in [2.75, 3.05) is 6.54 Å². The van der Waals surface area contributed by atoms with E-state index in [2.05, 4.69) is 5.73 Å². The van der Waals surface area contributed by atoms with Crippen molar-refractivity contribution in [2.45, 2.75) is 0 Å². The Morgan fingerprint density at radius 2 is 2.00 bits per heavy atom. The van der Waals surface area contributed by atoms with Gasteiger partial charge in [0.1, 0.15) is 0 Å². The van der Waals surface area contributed by atoms with E-state index in [0.717, 1.165) is 0 Å². The zero-order valence-corrected chi connectivity index (χ0v) is 5.64. The summed E-state index contributed by atoms with van der Waals surface area (Å²) >= 11 is 0. The van der Waals surface area contributed by atoms with Gasteiger partial charge >= 0.3 is 35.5 Å². The number of hydrogen-bond acceptors (Lipinski definition) is 2. The molecule has 0 unspecified atom stereocenters. The Kier molecular flexibility index (Phi) is 8.74. The molecule has 0 aromatic rings. The van der Waals surface area contributed by atoms with Crippen LogP contribution < -0.4 is 35.3 Å². The number of carboxylic acid groups (broad SMARTS) is 1. The van der Waals surface area contributed by atoms with Crippen molar-refractivity contribution in [1.82, 2.24) is 0 Å². The Bertz CT molecular complexity index is 46.8. The first-order valence-electron chi connectivity index (χ1n) is 1.19. The average molecular weight is 98.1 g/mol. The second-order valence-corrected chi connectivity index (χ2v) is 0.598. The molecule has 0 atom stereocenters. The van der Waals surface area contributed by atoms with Crippen LogP contribution in [0.1, 0.15) is 0 Å². The van der Waals surface area contributed by atoms with Crippen LogP contribution in [0.25, 0.3) is 0 Å². The maximum absolute atomic E-state index is 9.24. The third-order valence-electron chi connectivity index (χ3n) is 0.175. The topological polar surface area (TPSA) is 63.3 Å². The Labute approximate surface area is 57.8 Å². The minimum absolute atomic E-state index is 0. The Balaban J connectivity index is 0. The molecular formula is C2H5NNaO2+. The van der Waals surface area contributed by atoms with Gasteiger partial charge in [-0.1, -0.05) is 0 Å². The fraction of sp³-hybridized carbons (Fsp3) is 0.500. The van der Waals surface area contributed by atoms with Gasteiger partial charge in [0.05, 0.1) is 6.54 Å². The summed E-state index contributed by atoms with van der Waals surface area (Å²) in [6, 6.07) is 0. The molecule has 0 aromatic heterocycles. The molecule has 0 fully saturated rings. The molecule has 3 N–H and O–H groups in total. The second-order valence-electron chi connectivity index (χ2n) is 0.598. The predicted molar refractivity (Wildman–Crippen MR) is 16.7 cm³/mol. The van der Waals surface area contributed by atoms with Crippen molar-refractivity contribution in [2.24, 2.45) is 5.73 Å². The van der Waals surface area contributed by atoms with Gasteiger partial charge in [0.2, 0.25) is 0 Å². The fourth-order valence-corrected chi connectivity index (χ4v) is 0. The molecule has 0 aromatic carbocycles. The average Bonchev–Trinajstić information content (AvgIpc) is 1.38. The van der Waals surface area contributed by atoms with Crippen molar-refractivity contribution < 1.29 is 39.5 Å². The normalized spacial score (nSPS) is 6.17. The van der Waals surface area contributed by atoms with Crippen LogP contribution in [0.15, 0.2) is 0 Å². The first kappa shape index (κ1) is 9.66.